The Morgan fingerprint density at radius 1 is 0.759 bits per heavy atom. The third kappa shape index (κ3) is 3.79. The van der Waals surface area contributed by atoms with Crippen LogP contribution >= 0.6 is 0 Å². The largest absolute Gasteiger partial charge is 0.0711 e. The van der Waals surface area contributed by atoms with Gasteiger partial charge in [0.25, 0.3) is 0 Å². The second-order valence-electron chi connectivity index (χ2n) is 13.5. The fourth-order valence-electron chi connectivity index (χ4n) is 9.77. The van der Waals surface area contributed by atoms with Gasteiger partial charge in [0.2, 0.25) is 0 Å². The van der Waals surface area contributed by atoms with Crippen LogP contribution in [-0.2, 0) is 0 Å². The molecule has 4 aliphatic rings. The molecule has 0 N–H and O–H groups in total. The Morgan fingerprint density at radius 3 is 2.24 bits per heavy atom. The molecular formula is C27H52Si2. The highest BCUT2D eigenvalue weighted by Crippen LogP contribution is 2.64. The van der Waals surface area contributed by atoms with Gasteiger partial charge in [-0.1, -0.05) is 98.3 Å². The molecule has 0 aliphatic heterocycles. The van der Waals surface area contributed by atoms with E-state index in [4.69, 9.17) is 0 Å². The maximum absolute atomic E-state index is 2.91. The predicted octanol–water partition coefficient (Wildman–Crippen LogP) is 8.94. The molecule has 4 aliphatic carbocycles. The fraction of sp³-hybridized carbons (Fsp3) is 1.00. The Kier molecular flexibility index (Phi) is 6.56. The molecule has 0 bridgehead atoms. The molecule has 9 atom stereocenters. The van der Waals surface area contributed by atoms with Gasteiger partial charge in [-0.15, -0.1) is 0 Å². The fourth-order valence-corrected chi connectivity index (χ4v) is 24.5. The number of hydrogen-bond donors (Lipinski definition) is 0. The van der Waals surface area contributed by atoms with Crippen molar-refractivity contribution in [1.29, 1.82) is 0 Å². The molecule has 0 nitrogen and oxygen atoms in total. The van der Waals surface area contributed by atoms with Crippen LogP contribution in [0, 0.1) is 41.4 Å². The summed E-state index contributed by atoms with van der Waals surface area (Å²) >= 11 is 0. The first-order valence-electron chi connectivity index (χ1n) is 13.7. The minimum Gasteiger partial charge on any atom is -0.0711 e. The lowest BCUT2D eigenvalue weighted by Crippen LogP contribution is -2.62. The van der Waals surface area contributed by atoms with Crippen LogP contribution in [0.4, 0.5) is 0 Å². The molecular weight excluding hydrogens is 380 g/mol. The average molecular weight is 433 g/mol. The second kappa shape index (κ2) is 8.41. The Bertz CT molecular complexity index is 567. The van der Waals surface area contributed by atoms with E-state index >= 15 is 0 Å². The topological polar surface area (TPSA) is 0 Å². The van der Waals surface area contributed by atoms with Crippen molar-refractivity contribution >= 4 is 15.2 Å². The maximum Gasteiger partial charge on any atom is 0.0451 e. The van der Waals surface area contributed by atoms with Gasteiger partial charge in [-0.05, 0) is 71.8 Å². The van der Waals surface area contributed by atoms with Crippen molar-refractivity contribution in [3.63, 3.8) is 0 Å². The van der Waals surface area contributed by atoms with Crippen LogP contribution in [0.2, 0.25) is 37.3 Å². The highest BCUT2D eigenvalue weighted by atomic mass is 29.3. The molecule has 0 aromatic heterocycles. The molecule has 9 unspecified atom stereocenters. The van der Waals surface area contributed by atoms with E-state index < -0.39 is 15.2 Å². The van der Waals surface area contributed by atoms with Crippen LogP contribution in [0.15, 0.2) is 0 Å². The average Bonchev–Trinajstić information content (AvgIpc) is 3.38. The number of hydrogen-bond acceptors (Lipinski definition) is 0. The summed E-state index contributed by atoms with van der Waals surface area (Å²) < 4.78 is 0. The van der Waals surface area contributed by atoms with Crippen molar-refractivity contribution in [3.8, 4) is 0 Å². The number of unbranched alkanes of at least 4 members (excludes halogenated alkanes) is 1. The van der Waals surface area contributed by atoms with Crippen molar-refractivity contribution in [3.05, 3.63) is 0 Å². The Balaban J connectivity index is 1.52. The van der Waals surface area contributed by atoms with E-state index in [0.717, 1.165) is 52.5 Å². The first-order chi connectivity index (χ1) is 13.7. The molecule has 4 fully saturated rings. The number of rotatable bonds is 6. The van der Waals surface area contributed by atoms with E-state index in [1.165, 1.54) is 19.3 Å². The zero-order chi connectivity index (χ0) is 21.0. The van der Waals surface area contributed by atoms with Crippen LogP contribution in [-0.4, -0.2) is 15.2 Å². The lowest BCUT2D eigenvalue weighted by Gasteiger charge is -2.52. The van der Waals surface area contributed by atoms with Gasteiger partial charge >= 0.3 is 0 Å². The van der Waals surface area contributed by atoms with Gasteiger partial charge in [-0.25, -0.2) is 0 Å². The van der Waals surface area contributed by atoms with Gasteiger partial charge in [0, 0.05) is 15.2 Å². The number of fused-ring (bicyclic) bond motifs is 2. The first kappa shape index (κ1) is 22.6. The maximum atomic E-state index is 2.91. The van der Waals surface area contributed by atoms with Gasteiger partial charge < -0.3 is 0 Å². The lowest BCUT2D eigenvalue weighted by molar-refractivity contribution is 0.0846. The summed E-state index contributed by atoms with van der Waals surface area (Å²) in [7, 11) is -2.41. The van der Waals surface area contributed by atoms with Crippen LogP contribution in [0.25, 0.3) is 0 Å². The van der Waals surface area contributed by atoms with Gasteiger partial charge in [-0.2, -0.15) is 0 Å². The molecule has 29 heavy (non-hydrogen) atoms. The normalized spacial score (nSPS) is 45.4. The summed E-state index contributed by atoms with van der Waals surface area (Å²) in [6.07, 6.45) is 17.1. The zero-order valence-corrected chi connectivity index (χ0v) is 23.0. The molecule has 2 heteroatoms. The van der Waals surface area contributed by atoms with Crippen LogP contribution in [0.1, 0.15) is 91.4 Å². The molecule has 4 rings (SSSR count). The third-order valence-electron chi connectivity index (χ3n) is 11.9. The summed E-state index contributed by atoms with van der Waals surface area (Å²) in [4.78, 5) is 0. The molecule has 4 saturated carbocycles. The highest BCUT2D eigenvalue weighted by molar-refractivity contribution is 7.41. The SMILES string of the molecule is CCCCC1CCC([Si](C)(C)[Si](C)(C)C2C(C)CC3C(C)C4CCCC4CC32)C1. The highest BCUT2D eigenvalue weighted by Gasteiger charge is 2.60. The monoisotopic (exact) mass is 432 g/mol. The van der Waals surface area contributed by atoms with Crippen LogP contribution in [0.3, 0.4) is 0 Å². The second-order valence-corrected chi connectivity index (χ2v) is 29.6. The Hall–Kier alpha value is 0.434. The summed E-state index contributed by atoms with van der Waals surface area (Å²) in [5.41, 5.74) is 2.30. The Labute approximate surface area is 185 Å². The summed E-state index contributed by atoms with van der Waals surface area (Å²) in [5, 5.41) is 0. The standard InChI is InChI=1S/C27H52Si2/c1-8-9-11-21-14-15-23(17-21)28(4,5)29(6,7)27-19(2)16-25-20(3)24-13-10-12-22(24)18-26(25)27/h19-27H,8-18H2,1-7H3. The molecule has 0 saturated heterocycles. The molecule has 0 radical (unpaired) electrons. The van der Waals surface area contributed by atoms with Gasteiger partial charge in [0.05, 0.1) is 0 Å². The molecule has 0 spiro atoms. The van der Waals surface area contributed by atoms with E-state index in [2.05, 4.69) is 47.0 Å². The molecule has 0 amide bonds. The van der Waals surface area contributed by atoms with E-state index in [0.29, 0.717) is 0 Å². The Morgan fingerprint density at radius 2 is 1.52 bits per heavy atom. The van der Waals surface area contributed by atoms with Crippen molar-refractivity contribution in [2.24, 2.45) is 41.4 Å². The predicted molar refractivity (Wildman–Crippen MR) is 135 cm³/mol. The molecule has 0 aromatic carbocycles. The van der Waals surface area contributed by atoms with Crippen LogP contribution < -0.4 is 0 Å². The van der Waals surface area contributed by atoms with E-state index in [1.807, 2.05) is 0 Å². The molecule has 168 valence electrons. The lowest BCUT2D eigenvalue weighted by atomic mass is 9.65. The summed E-state index contributed by atoms with van der Waals surface area (Å²) in [6.45, 7) is 19.3. The first-order valence-corrected chi connectivity index (χ1v) is 20.8. The van der Waals surface area contributed by atoms with Crippen molar-refractivity contribution < 1.29 is 0 Å². The van der Waals surface area contributed by atoms with E-state index in [9.17, 15) is 0 Å². The summed E-state index contributed by atoms with van der Waals surface area (Å²) in [6, 6.07) is 0. The van der Waals surface area contributed by atoms with Crippen molar-refractivity contribution in [2.75, 3.05) is 0 Å². The smallest absolute Gasteiger partial charge is 0.0451 e. The summed E-state index contributed by atoms with van der Waals surface area (Å²) in [5.74, 6) is 7.56. The van der Waals surface area contributed by atoms with Crippen molar-refractivity contribution in [1.82, 2.24) is 0 Å². The molecule has 0 heterocycles. The van der Waals surface area contributed by atoms with E-state index in [1.54, 1.807) is 51.4 Å². The minimum atomic E-state index is -1.23. The minimum absolute atomic E-state index is 1.03. The van der Waals surface area contributed by atoms with E-state index in [-0.39, 0.29) is 0 Å². The van der Waals surface area contributed by atoms with Crippen molar-refractivity contribution in [2.45, 2.75) is 129 Å². The van der Waals surface area contributed by atoms with Crippen LogP contribution in [0.5, 0.6) is 0 Å². The third-order valence-corrected chi connectivity index (χ3v) is 32.7. The van der Waals surface area contributed by atoms with Gasteiger partial charge in [0.1, 0.15) is 0 Å². The van der Waals surface area contributed by atoms with Gasteiger partial charge in [0.15, 0.2) is 0 Å². The quantitative estimate of drug-likeness (QED) is 0.367. The van der Waals surface area contributed by atoms with Gasteiger partial charge in [-0.3, -0.25) is 0 Å². The zero-order valence-electron chi connectivity index (χ0n) is 21.0. The molecule has 0 aromatic rings.